The van der Waals surface area contributed by atoms with Crippen molar-refractivity contribution in [3.8, 4) is 0 Å². The first kappa shape index (κ1) is 18.8. The molecule has 1 N–H and O–H groups in total. The molecule has 0 bridgehead atoms. The maximum Gasteiger partial charge on any atom is 0.261 e. The average Bonchev–Trinajstić information content (AvgIpc) is 2.68. The van der Waals surface area contributed by atoms with Gasteiger partial charge in [-0.3, -0.25) is 29.4 Å². The second-order valence-electron chi connectivity index (χ2n) is 7.39. The number of amides is 4. The molecule has 0 aliphatic carbocycles. The Balaban J connectivity index is 2.46. The average molecular weight is 344 g/mol. The van der Waals surface area contributed by atoms with Crippen molar-refractivity contribution in [2.75, 3.05) is 0 Å². The molecule has 1 fully saturated rings. The third kappa shape index (κ3) is 3.95. The van der Waals surface area contributed by atoms with Crippen LogP contribution in [-0.2, 0) is 19.8 Å². The number of rotatable bonds is 3. The van der Waals surface area contributed by atoms with Gasteiger partial charge in [-0.05, 0) is 36.3 Å². The number of benzene rings is 1. The molecular weight excluding hydrogens is 320 g/mol. The smallest absolute Gasteiger partial charge is 0.261 e. The van der Waals surface area contributed by atoms with Gasteiger partial charge in [0, 0.05) is 12.0 Å². The van der Waals surface area contributed by atoms with E-state index in [9.17, 15) is 19.2 Å². The van der Waals surface area contributed by atoms with Gasteiger partial charge in [0.1, 0.15) is 6.04 Å². The largest absolute Gasteiger partial charge is 0.295 e. The van der Waals surface area contributed by atoms with Crippen LogP contribution in [0.4, 0.5) is 0 Å². The Morgan fingerprint density at radius 3 is 2.56 bits per heavy atom. The zero-order chi connectivity index (χ0) is 18.8. The lowest BCUT2D eigenvalue weighted by Gasteiger charge is -2.28. The Morgan fingerprint density at radius 1 is 1.28 bits per heavy atom. The third-order valence-corrected chi connectivity index (χ3v) is 4.43. The highest BCUT2D eigenvalue weighted by molar-refractivity contribution is 6.07. The first-order chi connectivity index (χ1) is 11.7. The van der Waals surface area contributed by atoms with E-state index in [2.05, 4.69) is 5.32 Å². The van der Waals surface area contributed by atoms with E-state index in [1.54, 1.807) is 0 Å². The summed E-state index contributed by atoms with van der Waals surface area (Å²) >= 11 is 0. The second kappa shape index (κ2) is 7.17. The maximum atomic E-state index is 13.1. The zero-order valence-corrected chi connectivity index (χ0v) is 15.1. The van der Waals surface area contributed by atoms with Crippen LogP contribution >= 0.6 is 0 Å². The van der Waals surface area contributed by atoms with Gasteiger partial charge in [-0.2, -0.15) is 0 Å². The summed E-state index contributed by atoms with van der Waals surface area (Å²) in [5.41, 5.74) is 1.70. The molecule has 6 nitrogen and oxygen atoms in total. The van der Waals surface area contributed by atoms with Crippen LogP contribution in [0.1, 0.15) is 61.5 Å². The van der Waals surface area contributed by atoms with Crippen molar-refractivity contribution in [1.29, 1.82) is 0 Å². The predicted octanol–water partition coefficient (Wildman–Crippen LogP) is 2.09. The van der Waals surface area contributed by atoms with Crippen molar-refractivity contribution in [3.63, 3.8) is 0 Å². The van der Waals surface area contributed by atoms with Crippen molar-refractivity contribution in [2.24, 2.45) is 0 Å². The van der Waals surface area contributed by atoms with Crippen LogP contribution < -0.4 is 5.32 Å². The van der Waals surface area contributed by atoms with E-state index in [4.69, 9.17) is 0 Å². The van der Waals surface area contributed by atoms with Crippen molar-refractivity contribution in [1.82, 2.24) is 10.2 Å². The molecule has 1 unspecified atom stereocenters. The fourth-order valence-electron chi connectivity index (χ4n) is 3.10. The first-order valence-corrected chi connectivity index (χ1v) is 8.38. The number of hydrogen-bond donors (Lipinski definition) is 1. The summed E-state index contributed by atoms with van der Waals surface area (Å²) in [6.07, 6.45) is 1.32. The minimum absolute atomic E-state index is 0.209. The van der Waals surface area contributed by atoms with Gasteiger partial charge in [0.05, 0.1) is 0 Å². The minimum Gasteiger partial charge on any atom is -0.295 e. The number of aryl methyl sites for hydroxylation is 1. The van der Waals surface area contributed by atoms with Crippen LogP contribution in [0.5, 0.6) is 0 Å². The molecule has 4 amide bonds. The van der Waals surface area contributed by atoms with Crippen LogP contribution in [0.3, 0.4) is 0 Å². The number of hydrogen-bond acceptors (Lipinski definition) is 4. The highest BCUT2D eigenvalue weighted by Crippen LogP contribution is 2.29. The molecule has 25 heavy (non-hydrogen) atoms. The fraction of sp³-hybridized carbons (Fsp3) is 0.474. The van der Waals surface area contributed by atoms with Crippen molar-refractivity contribution < 1.29 is 19.2 Å². The molecule has 1 aliphatic heterocycles. The molecule has 6 heteroatoms. The van der Waals surface area contributed by atoms with Crippen LogP contribution in [-0.4, -0.2) is 35.1 Å². The van der Waals surface area contributed by atoms with Crippen LogP contribution in [0.25, 0.3) is 0 Å². The number of nitrogens with one attached hydrogen (secondary N) is 1. The van der Waals surface area contributed by atoms with Crippen molar-refractivity contribution in [2.45, 2.75) is 58.4 Å². The summed E-state index contributed by atoms with van der Waals surface area (Å²) in [5, 5.41) is 2.24. The highest BCUT2D eigenvalue weighted by Gasteiger charge is 2.35. The fourth-order valence-corrected chi connectivity index (χ4v) is 3.10. The maximum absolute atomic E-state index is 13.1. The Labute approximate surface area is 147 Å². The van der Waals surface area contributed by atoms with Crippen LogP contribution in [0, 0.1) is 6.92 Å². The predicted molar refractivity (Wildman–Crippen MR) is 92.9 cm³/mol. The SMILES string of the molecule is Cc1cccc(C(C)(C)C)c1C(=O)N(C=O)C1CCCC(=O)NC1=O. The molecule has 1 aliphatic rings. The molecule has 0 saturated carbocycles. The second-order valence-corrected chi connectivity index (χ2v) is 7.39. The molecule has 1 saturated heterocycles. The van der Waals surface area contributed by atoms with Gasteiger partial charge in [-0.1, -0.05) is 39.0 Å². The summed E-state index contributed by atoms with van der Waals surface area (Å²) in [6.45, 7) is 7.77. The van der Waals surface area contributed by atoms with E-state index in [1.165, 1.54) is 0 Å². The standard InChI is InChI=1S/C19H24N2O4/c1-12-7-5-8-13(19(2,3)4)16(12)18(25)21(11-22)14-9-6-10-15(23)20-17(14)24/h5,7-8,11,14H,6,9-10H2,1-4H3,(H,20,23,24). The van der Waals surface area contributed by atoms with Crippen molar-refractivity contribution >= 4 is 24.1 Å². The van der Waals surface area contributed by atoms with E-state index in [-0.39, 0.29) is 24.2 Å². The van der Waals surface area contributed by atoms with E-state index in [1.807, 2.05) is 45.9 Å². The van der Waals surface area contributed by atoms with Gasteiger partial charge in [-0.15, -0.1) is 0 Å². The van der Waals surface area contributed by atoms with E-state index < -0.39 is 17.9 Å². The summed E-state index contributed by atoms with van der Waals surface area (Å²) in [4.78, 5) is 49.5. The normalized spacial score (nSPS) is 18.3. The van der Waals surface area contributed by atoms with Gasteiger partial charge in [0.2, 0.25) is 18.2 Å². The van der Waals surface area contributed by atoms with Gasteiger partial charge < -0.3 is 0 Å². The van der Waals surface area contributed by atoms with Crippen LogP contribution in [0.15, 0.2) is 18.2 Å². The molecule has 0 radical (unpaired) electrons. The molecule has 1 heterocycles. The third-order valence-electron chi connectivity index (χ3n) is 4.43. The summed E-state index contributed by atoms with van der Waals surface area (Å²) < 4.78 is 0. The minimum atomic E-state index is -0.969. The number of carbonyl (C=O) groups is 4. The molecule has 0 spiro atoms. The first-order valence-electron chi connectivity index (χ1n) is 8.38. The van der Waals surface area contributed by atoms with Gasteiger partial charge >= 0.3 is 0 Å². The lowest BCUT2D eigenvalue weighted by atomic mass is 9.82. The zero-order valence-electron chi connectivity index (χ0n) is 15.1. The lowest BCUT2D eigenvalue weighted by Crippen LogP contribution is -2.49. The Morgan fingerprint density at radius 2 is 1.96 bits per heavy atom. The van der Waals surface area contributed by atoms with E-state index in [0.717, 1.165) is 16.0 Å². The summed E-state index contributed by atoms with van der Waals surface area (Å²) in [5.74, 6) is -1.49. The molecular formula is C19H24N2O4. The molecule has 1 atom stereocenters. The number of nitrogens with zero attached hydrogens (tertiary/aromatic N) is 1. The Bertz CT molecular complexity index is 719. The molecule has 134 valence electrons. The van der Waals surface area contributed by atoms with Gasteiger partial charge in [0.25, 0.3) is 5.91 Å². The number of carbonyl (C=O) groups excluding carboxylic acids is 4. The molecule has 1 aromatic carbocycles. The molecule has 1 aromatic rings. The highest BCUT2D eigenvalue weighted by atomic mass is 16.2. The Hall–Kier alpha value is -2.50. The van der Waals surface area contributed by atoms with E-state index >= 15 is 0 Å². The molecule has 2 rings (SSSR count). The summed E-state index contributed by atoms with van der Waals surface area (Å²) in [7, 11) is 0. The summed E-state index contributed by atoms with van der Waals surface area (Å²) in [6, 6.07) is 4.57. The number of imide groups is 2. The van der Waals surface area contributed by atoms with Gasteiger partial charge in [-0.25, -0.2) is 0 Å². The quantitative estimate of drug-likeness (QED) is 0.672. The van der Waals surface area contributed by atoms with Gasteiger partial charge in [0.15, 0.2) is 0 Å². The monoisotopic (exact) mass is 344 g/mol. The van der Waals surface area contributed by atoms with Crippen LogP contribution in [0.2, 0.25) is 0 Å². The molecule has 0 aromatic heterocycles. The van der Waals surface area contributed by atoms with Crippen molar-refractivity contribution in [3.05, 3.63) is 34.9 Å². The lowest BCUT2D eigenvalue weighted by molar-refractivity contribution is -0.134. The topological polar surface area (TPSA) is 83.6 Å². The Kier molecular flexibility index (Phi) is 5.40. The van der Waals surface area contributed by atoms with E-state index in [0.29, 0.717) is 18.4 Å².